The number of aliphatic imine (C=N–C) groups is 1. The molecule has 3 rings (SSSR count). The van der Waals surface area contributed by atoms with E-state index in [0.717, 1.165) is 24.0 Å². The van der Waals surface area contributed by atoms with Gasteiger partial charge in [-0.15, -0.1) is 24.0 Å². The molecular formula is C22H30FIN4O3S. The average molecular weight is 576 g/mol. The van der Waals surface area contributed by atoms with E-state index < -0.39 is 10.0 Å². The Kier molecular flexibility index (Phi) is 9.86. The molecule has 0 amide bonds. The predicted octanol–water partition coefficient (Wildman–Crippen LogP) is 2.77. The summed E-state index contributed by atoms with van der Waals surface area (Å²) in [4.78, 5) is 4.44. The van der Waals surface area contributed by atoms with Crippen LogP contribution in [0.5, 0.6) is 0 Å². The van der Waals surface area contributed by atoms with E-state index in [-0.39, 0.29) is 46.6 Å². The van der Waals surface area contributed by atoms with Crippen LogP contribution in [0.3, 0.4) is 0 Å². The Bertz CT molecular complexity index is 1010. The molecule has 0 unspecified atom stereocenters. The topological polar surface area (TPSA) is 91.8 Å². The fourth-order valence-electron chi connectivity index (χ4n) is 3.39. The first-order valence-corrected chi connectivity index (χ1v) is 11.7. The van der Waals surface area contributed by atoms with Crippen molar-refractivity contribution in [2.45, 2.75) is 29.7 Å². The minimum absolute atomic E-state index is 0. The van der Waals surface area contributed by atoms with Crippen LogP contribution in [0.2, 0.25) is 0 Å². The maximum Gasteiger partial charge on any atom is 0.240 e. The van der Waals surface area contributed by atoms with Crippen LogP contribution in [0.4, 0.5) is 4.39 Å². The molecule has 10 heteroatoms. The van der Waals surface area contributed by atoms with Crippen LogP contribution in [-0.4, -0.2) is 48.2 Å². The Hall–Kier alpha value is -1.76. The minimum Gasteiger partial charge on any atom is -0.383 e. The highest BCUT2D eigenvalue weighted by molar-refractivity contribution is 14.0. The molecule has 0 spiro atoms. The molecular weight excluding hydrogens is 546 g/mol. The van der Waals surface area contributed by atoms with E-state index in [9.17, 15) is 12.8 Å². The second-order valence-corrected chi connectivity index (χ2v) is 9.34. The number of methoxy groups -OCH3 is 1. The summed E-state index contributed by atoms with van der Waals surface area (Å²) in [6, 6.07) is 13.6. The van der Waals surface area contributed by atoms with E-state index in [0.29, 0.717) is 25.7 Å². The number of ether oxygens (including phenoxy) is 1. The van der Waals surface area contributed by atoms with E-state index in [1.807, 2.05) is 12.1 Å². The van der Waals surface area contributed by atoms with E-state index in [2.05, 4.69) is 20.3 Å². The Morgan fingerprint density at radius 3 is 2.41 bits per heavy atom. The summed E-state index contributed by atoms with van der Waals surface area (Å²) in [5.41, 5.74) is 1.47. The van der Waals surface area contributed by atoms with Crippen molar-refractivity contribution in [1.29, 1.82) is 0 Å². The number of hydrogen-bond donors (Lipinski definition) is 3. The lowest BCUT2D eigenvalue weighted by atomic mass is 9.95. The minimum atomic E-state index is -3.55. The van der Waals surface area contributed by atoms with Gasteiger partial charge in [-0.25, -0.2) is 17.5 Å². The monoisotopic (exact) mass is 576 g/mol. The van der Waals surface area contributed by atoms with Crippen LogP contribution in [0.1, 0.15) is 24.0 Å². The molecule has 0 radical (unpaired) electrons. The van der Waals surface area contributed by atoms with Crippen LogP contribution in [0.25, 0.3) is 0 Å². The largest absolute Gasteiger partial charge is 0.383 e. The third kappa shape index (κ3) is 6.87. The first-order chi connectivity index (χ1) is 14.9. The van der Waals surface area contributed by atoms with E-state index >= 15 is 0 Å². The van der Waals surface area contributed by atoms with E-state index in [1.54, 1.807) is 37.4 Å². The maximum absolute atomic E-state index is 14.2. The van der Waals surface area contributed by atoms with Crippen LogP contribution >= 0.6 is 24.0 Å². The summed E-state index contributed by atoms with van der Waals surface area (Å²) in [6.07, 6.45) is 1.87. The van der Waals surface area contributed by atoms with Gasteiger partial charge in [-0.1, -0.05) is 30.3 Å². The lowest BCUT2D eigenvalue weighted by molar-refractivity contribution is 0.204. The van der Waals surface area contributed by atoms with Gasteiger partial charge in [-0.3, -0.25) is 4.99 Å². The third-order valence-corrected chi connectivity index (χ3v) is 6.89. The zero-order chi connectivity index (χ0) is 22.3. The number of guanidine groups is 1. The number of benzene rings is 2. The molecule has 2 aromatic carbocycles. The Morgan fingerprint density at radius 2 is 1.81 bits per heavy atom. The standard InChI is InChI=1S/C22H29FN4O3S.HI/c1-24-21(26-16-22(11-12-22)19-5-3-4-6-20(19)23)25-15-17-7-9-18(10-8-17)31(28,29)27-13-14-30-2;/h3-10,27H,11-16H2,1-2H3,(H2,24,25,26);1H. The first-order valence-electron chi connectivity index (χ1n) is 10.2. The summed E-state index contributed by atoms with van der Waals surface area (Å²) >= 11 is 0. The molecule has 0 heterocycles. The van der Waals surface area contributed by atoms with Crippen molar-refractivity contribution >= 4 is 40.0 Å². The number of halogens is 2. The second-order valence-electron chi connectivity index (χ2n) is 7.57. The van der Waals surface area contributed by atoms with Crippen LogP contribution in [-0.2, 0) is 26.7 Å². The van der Waals surface area contributed by atoms with E-state index in [4.69, 9.17) is 4.74 Å². The number of hydrogen-bond acceptors (Lipinski definition) is 4. The van der Waals surface area contributed by atoms with Crippen molar-refractivity contribution in [2.24, 2.45) is 4.99 Å². The zero-order valence-electron chi connectivity index (χ0n) is 18.2. The van der Waals surface area contributed by atoms with Crippen molar-refractivity contribution in [3.05, 3.63) is 65.5 Å². The molecule has 1 saturated carbocycles. The van der Waals surface area contributed by atoms with Crippen LogP contribution < -0.4 is 15.4 Å². The van der Waals surface area contributed by atoms with Gasteiger partial charge in [0.2, 0.25) is 10.0 Å². The molecule has 7 nitrogen and oxygen atoms in total. The molecule has 32 heavy (non-hydrogen) atoms. The highest BCUT2D eigenvalue weighted by Gasteiger charge is 2.45. The van der Waals surface area contributed by atoms with Gasteiger partial charge in [-0.05, 0) is 42.2 Å². The fourth-order valence-corrected chi connectivity index (χ4v) is 4.40. The molecule has 1 aliphatic rings. The summed E-state index contributed by atoms with van der Waals surface area (Å²) in [5, 5.41) is 6.50. The average Bonchev–Trinajstić information content (AvgIpc) is 3.55. The molecule has 0 aliphatic heterocycles. The Labute approximate surface area is 206 Å². The quantitative estimate of drug-likeness (QED) is 0.175. The Morgan fingerprint density at radius 1 is 1.12 bits per heavy atom. The molecule has 2 aromatic rings. The van der Waals surface area contributed by atoms with Crippen LogP contribution in [0, 0.1) is 5.82 Å². The highest BCUT2D eigenvalue weighted by Crippen LogP contribution is 2.48. The first kappa shape index (κ1) is 26.5. The van der Waals surface area contributed by atoms with Gasteiger partial charge in [0, 0.05) is 39.2 Å². The summed E-state index contributed by atoms with van der Waals surface area (Å²) in [7, 11) is -0.353. The smallest absolute Gasteiger partial charge is 0.240 e. The SMILES string of the molecule is CN=C(NCc1ccc(S(=O)(=O)NCCOC)cc1)NCC1(c2ccccc2F)CC1.I. The molecule has 0 aromatic heterocycles. The molecule has 0 atom stereocenters. The van der Waals surface area contributed by atoms with Crippen molar-refractivity contribution in [2.75, 3.05) is 33.9 Å². The van der Waals surface area contributed by atoms with Gasteiger partial charge >= 0.3 is 0 Å². The van der Waals surface area contributed by atoms with Gasteiger partial charge < -0.3 is 15.4 Å². The normalized spacial score (nSPS) is 15.0. The molecule has 1 fully saturated rings. The summed E-state index contributed by atoms with van der Waals surface area (Å²) in [6.45, 7) is 1.60. The van der Waals surface area contributed by atoms with Gasteiger partial charge in [0.05, 0.1) is 11.5 Å². The van der Waals surface area contributed by atoms with Crippen molar-refractivity contribution < 1.29 is 17.5 Å². The summed E-state index contributed by atoms with van der Waals surface area (Å²) in [5.74, 6) is 0.442. The number of nitrogens with one attached hydrogen (secondary N) is 3. The molecule has 176 valence electrons. The number of sulfonamides is 1. The number of nitrogens with zero attached hydrogens (tertiary/aromatic N) is 1. The van der Waals surface area contributed by atoms with Gasteiger partial charge in [-0.2, -0.15) is 0 Å². The molecule has 3 N–H and O–H groups in total. The lowest BCUT2D eigenvalue weighted by Crippen LogP contribution is -2.41. The van der Waals surface area contributed by atoms with Crippen molar-refractivity contribution in [3.63, 3.8) is 0 Å². The lowest BCUT2D eigenvalue weighted by Gasteiger charge is -2.19. The summed E-state index contributed by atoms with van der Waals surface area (Å²) < 4.78 is 46.0. The third-order valence-electron chi connectivity index (χ3n) is 5.41. The number of rotatable bonds is 10. The van der Waals surface area contributed by atoms with Crippen molar-refractivity contribution in [1.82, 2.24) is 15.4 Å². The van der Waals surface area contributed by atoms with E-state index in [1.165, 1.54) is 13.2 Å². The molecule has 0 bridgehead atoms. The molecule has 0 saturated heterocycles. The zero-order valence-corrected chi connectivity index (χ0v) is 21.4. The Balaban J connectivity index is 0.00000363. The second kappa shape index (κ2) is 11.9. The fraction of sp³-hybridized carbons (Fsp3) is 0.409. The van der Waals surface area contributed by atoms with Crippen molar-refractivity contribution in [3.8, 4) is 0 Å². The van der Waals surface area contributed by atoms with Gasteiger partial charge in [0.1, 0.15) is 5.82 Å². The van der Waals surface area contributed by atoms with Gasteiger partial charge in [0.15, 0.2) is 5.96 Å². The molecule has 1 aliphatic carbocycles. The van der Waals surface area contributed by atoms with Crippen LogP contribution in [0.15, 0.2) is 58.4 Å². The maximum atomic E-state index is 14.2. The van der Waals surface area contributed by atoms with Gasteiger partial charge in [0.25, 0.3) is 0 Å². The predicted molar refractivity (Wildman–Crippen MR) is 134 cm³/mol. The highest BCUT2D eigenvalue weighted by atomic mass is 127.